The van der Waals surface area contributed by atoms with Crippen molar-refractivity contribution in [3.63, 3.8) is 0 Å². The van der Waals surface area contributed by atoms with Gasteiger partial charge in [0, 0.05) is 24.2 Å². The van der Waals surface area contributed by atoms with Gasteiger partial charge in [-0.2, -0.15) is 5.11 Å². The molecule has 6 aromatic rings. The minimum absolute atomic E-state index is 0.201. The van der Waals surface area contributed by atoms with Gasteiger partial charge in [-0.1, -0.05) is 12.1 Å². The summed E-state index contributed by atoms with van der Waals surface area (Å²) in [6, 6.07) is 19.4. The predicted octanol–water partition coefficient (Wildman–Crippen LogP) is 3.58. The van der Waals surface area contributed by atoms with Crippen LogP contribution >= 0.6 is 22.7 Å². The van der Waals surface area contributed by atoms with Gasteiger partial charge in [0.15, 0.2) is 0 Å². The van der Waals surface area contributed by atoms with E-state index in [1.165, 1.54) is 11.1 Å². The number of hydrogen-bond donors (Lipinski definition) is 12. The van der Waals surface area contributed by atoms with Crippen molar-refractivity contribution >= 4 is 65.9 Å². The van der Waals surface area contributed by atoms with E-state index in [0.717, 1.165) is 41.6 Å². The molecule has 6 rings (SSSR count). The number of nitrogens with one attached hydrogen (secondary N) is 2. The Balaban J connectivity index is 1.26. The topological polar surface area (TPSA) is 277 Å². The molecule has 0 aliphatic heterocycles. The summed E-state index contributed by atoms with van der Waals surface area (Å²) in [6.07, 6.45) is -13.9. The summed E-state index contributed by atoms with van der Waals surface area (Å²) < 4.78 is 2.16. The molecule has 2 heterocycles. The van der Waals surface area contributed by atoms with Crippen molar-refractivity contribution in [2.24, 2.45) is 10.2 Å². The molecule has 0 aliphatic rings. The van der Waals surface area contributed by atoms with Crippen LogP contribution in [-0.2, 0) is 0 Å². The summed E-state index contributed by atoms with van der Waals surface area (Å²) >= 11 is 3.22. The molecule has 16 nitrogen and oxygen atoms in total. The molecule has 2 aromatic heterocycles. The Bertz CT molecular complexity index is 2390. The number of aliphatic hydroxyl groups excluding tert-OH is 10. The van der Waals surface area contributed by atoms with Gasteiger partial charge in [0.05, 0.1) is 62.9 Å². The molecule has 320 valence electrons. The van der Waals surface area contributed by atoms with Crippen molar-refractivity contribution in [3.8, 4) is 21.1 Å². The van der Waals surface area contributed by atoms with E-state index >= 15 is 0 Å². The Kier molecular flexibility index (Phi) is 14.6. The molecule has 12 N–H and O–H groups in total. The second-order valence-corrected chi connectivity index (χ2v) is 16.9. The van der Waals surface area contributed by atoms with Crippen LogP contribution in [0.15, 0.2) is 70.9 Å². The number of aryl methyl sites for hydroxylation is 4. The molecule has 8 atom stereocenters. The van der Waals surface area contributed by atoms with Crippen molar-refractivity contribution in [2.45, 2.75) is 76.5 Å². The highest BCUT2D eigenvalue weighted by Crippen LogP contribution is 2.41. The number of fused-ring (bicyclic) bond motifs is 2. The zero-order chi connectivity index (χ0) is 43.4. The van der Waals surface area contributed by atoms with Gasteiger partial charge in [-0.15, -0.1) is 27.8 Å². The van der Waals surface area contributed by atoms with Crippen LogP contribution in [0.2, 0.25) is 0 Å². The van der Waals surface area contributed by atoms with E-state index < -0.39 is 62.0 Å². The van der Waals surface area contributed by atoms with E-state index in [9.17, 15) is 51.1 Å². The highest BCUT2D eigenvalue weighted by atomic mass is 32.1. The molecule has 0 saturated heterocycles. The van der Waals surface area contributed by atoms with Crippen LogP contribution in [0, 0.1) is 27.7 Å². The van der Waals surface area contributed by atoms with Gasteiger partial charge >= 0.3 is 0 Å². The number of rotatable bonds is 18. The predicted molar refractivity (Wildman–Crippen MR) is 232 cm³/mol. The van der Waals surface area contributed by atoms with Gasteiger partial charge < -0.3 is 61.7 Å². The standard InChI is InChI=1S/C42H50N6O10S2/c1-19-5-12-31-35(22(19)4)46-42(59-31)24-8-11-26-32(14-24)60-41(45-26)23-6-9-25(10-7-23)47-48-36-33(43-15-27(51)37(55)39(57)29(53)17-49)20(2)13-21(3)34(36)44-16-28(52)38(56)40(58)30(54)18-50/h5-14,27-30,37-40,43-44,49-58H,15-18H2,1-4H3. The fourth-order valence-corrected chi connectivity index (χ4v) is 8.64. The zero-order valence-electron chi connectivity index (χ0n) is 33.3. The SMILES string of the molecule is Cc1cc(C)c(NCC(O)C(O)C(O)C(O)CO)c(N=Nc2ccc(-c3nc4ccc(-c5nc6c(C)c(C)ccc6s5)cc4s3)cc2)c1NCC(O)C(O)C(O)C(O)CO. The van der Waals surface area contributed by atoms with E-state index in [1.807, 2.05) is 24.3 Å². The average Bonchev–Trinajstić information content (AvgIpc) is 3.89. The summed E-state index contributed by atoms with van der Waals surface area (Å²) in [4.78, 5) is 9.81. The molecule has 8 unspecified atom stereocenters. The van der Waals surface area contributed by atoms with Crippen molar-refractivity contribution in [1.82, 2.24) is 9.97 Å². The Morgan fingerprint density at radius 1 is 0.550 bits per heavy atom. The van der Waals surface area contributed by atoms with Crippen molar-refractivity contribution < 1.29 is 51.1 Å². The molecule has 0 amide bonds. The molecule has 4 aromatic carbocycles. The number of benzene rings is 4. The largest absolute Gasteiger partial charge is 0.394 e. The number of aliphatic hydroxyl groups is 10. The van der Waals surface area contributed by atoms with E-state index in [1.54, 1.807) is 54.7 Å². The molecule has 0 saturated carbocycles. The van der Waals surface area contributed by atoms with E-state index in [2.05, 4.69) is 52.9 Å². The van der Waals surface area contributed by atoms with Crippen LogP contribution in [0.3, 0.4) is 0 Å². The first-order valence-corrected chi connectivity index (χ1v) is 20.8. The molecular weight excluding hydrogens is 813 g/mol. The number of thiazole rings is 2. The second-order valence-electron chi connectivity index (χ2n) is 14.8. The maximum atomic E-state index is 10.7. The lowest BCUT2D eigenvalue weighted by Crippen LogP contribution is -2.48. The minimum Gasteiger partial charge on any atom is -0.394 e. The number of hydrogen-bond acceptors (Lipinski definition) is 18. The molecule has 60 heavy (non-hydrogen) atoms. The van der Waals surface area contributed by atoms with Crippen molar-refractivity contribution in [1.29, 1.82) is 0 Å². The number of nitrogens with zero attached hydrogens (tertiary/aromatic N) is 4. The molecule has 0 aliphatic carbocycles. The molecular formula is C42H50N6O10S2. The maximum Gasteiger partial charge on any atom is 0.132 e. The summed E-state index contributed by atoms with van der Waals surface area (Å²) in [6.45, 7) is 5.34. The highest BCUT2D eigenvalue weighted by Gasteiger charge is 2.32. The molecule has 0 radical (unpaired) electrons. The average molecular weight is 863 g/mol. The van der Waals surface area contributed by atoms with Crippen LogP contribution < -0.4 is 10.6 Å². The third-order valence-electron chi connectivity index (χ3n) is 10.4. The number of azo groups is 1. The summed E-state index contributed by atoms with van der Waals surface area (Å²) in [5.74, 6) is 0. The van der Waals surface area contributed by atoms with Crippen molar-refractivity contribution in [3.05, 3.63) is 82.9 Å². The van der Waals surface area contributed by atoms with Gasteiger partial charge in [0.2, 0.25) is 0 Å². The Labute approximate surface area is 353 Å². The Hall–Kier alpha value is -4.54. The fourth-order valence-electron chi connectivity index (χ4n) is 6.60. The van der Waals surface area contributed by atoms with E-state index in [4.69, 9.17) is 9.97 Å². The Morgan fingerprint density at radius 3 is 1.63 bits per heavy atom. The molecule has 0 bridgehead atoms. The molecule has 0 spiro atoms. The van der Waals surface area contributed by atoms with Crippen LogP contribution in [0.1, 0.15) is 22.3 Å². The smallest absolute Gasteiger partial charge is 0.132 e. The first-order chi connectivity index (χ1) is 28.6. The monoisotopic (exact) mass is 862 g/mol. The summed E-state index contributed by atoms with van der Waals surface area (Å²) in [7, 11) is 0. The first-order valence-electron chi connectivity index (χ1n) is 19.2. The second kappa shape index (κ2) is 19.4. The third-order valence-corrected chi connectivity index (χ3v) is 12.6. The molecule has 18 heteroatoms. The fraction of sp³-hybridized carbons (Fsp3) is 0.381. The minimum atomic E-state index is -1.84. The summed E-state index contributed by atoms with van der Waals surface area (Å²) in [5, 5.41) is 117. The van der Waals surface area contributed by atoms with E-state index in [0.29, 0.717) is 28.2 Å². The lowest BCUT2D eigenvalue weighted by Gasteiger charge is -2.27. The van der Waals surface area contributed by atoms with E-state index in [-0.39, 0.29) is 18.8 Å². The van der Waals surface area contributed by atoms with Gasteiger partial charge in [0.25, 0.3) is 0 Å². The quantitative estimate of drug-likeness (QED) is 0.0551. The van der Waals surface area contributed by atoms with Gasteiger partial charge in [-0.3, -0.25) is 0 Å². The third kappa shape index (κ3) is 9.81. The van der Waals surface area contributed by atoms with Gasteiger partial charge in [-0.05, 0) is 98.5 Å². The normalized spacial score (nSPS) is 16.2. The Morgan fingerprint density at radius 2 is 1.07 bits per heavy atom. The van der Waals surface area contributed by atoms with Crippen LogP contribution in [0.25, 0.3) is 41.6 Å². The first kappa shape index (κ1) is 45.0. The lowest BCUT2D eigenvalue weighted by molar-refractivity contribution is -0.111. The maximum absolute atomic E-state index is 10.7. The lowest BCUT2D eigenvalue weighted by atomic mass is 10.0. The number of aromatic nitrogens is 2. The van der Waals surface area contributed by atoms with Crippen LogP contribution in [0.5, 0.6) is 0 Å². The van der Waals surface area contributed by atoms with Gasteiger partial charge in [-0.25, -0.2) is 9.97 Å². The van der Waals surface area contributed by atoms with Crippen LogP contribution in [0.4, 0.5) is 22.7 Å². The van der Waals surface area contributed by atoms with Gasteiger partial charge in [0.1, 0.15) is 52.3 Å². The van der Waals surface area contributed by atoms with Crippen LogP contribution in [-0.4, -0.2) is 136 Å². The highest BCUT2D eigenvalue weighted by molar-refractivity contribution is 7.22. The number of anilines is 2. The summed E-state index contributed by atoms with van der Waals surface area (Å²) in [5.41, 5.74) is 8.75. The van der Waals surface area contributed by atoms with Crippen molar-refractivity contribution in [2.75, 3.05) is 36.9 Å². The zero-order valence-corrected chi connectivity index (χ0v) is 34.9. The molecule has 0 fully saturated rings.